The van der Waals surface area contributed by atoms with E-state index in [1.165, 1.54) is 30.6 Å². The van der Waals surface area contributed by atoms with E-state index >= 15 is 0 Å². The SMILES string of the molecule is COc1ccc(S(=O)(=O)N(C)c2ccc(C(=O)NC3CCCC3)cc2C)cc1. The van der Waals surface area contributed by atoms with Crippen LogP contribution in [0.4, 0.5) is 5.69 Å². The monoisotopic (exact) mass is 402 g/mol. The van der Waals surface area contributed by atoms with E-state index in [4.69, 9.17) is 4.74 Å². The number of carbonyl (C=O) groups excluding carboxylic acids is 1. The van der Waals surface area contributed by atoms with Gasteiger partial charge in [-0.15, -0.1) is 0 Å². The first-order chi connectivity index (χ1) is 13.3. The van der Waals surface area contributed by atoms with Gasteiger partial charge in [-0.05, 0) is 67.8 Å². The molecule has 28 heavy (non-hydrogen) atoms. The predicted molar refractivity (Wildman–Crippen MR) is 109 cm³/mol. The number of ether oxygens (including phenoxy) is 1. The van der Waals surface area contributed by atoms with Crippen molar-refractivity contribution < 1.29 is 17.9 Å². The van der Waals surface area contributed by atoms with Crippen molar-refractivity contribution in [3.8, 4) is 5.75 Å². The van der Waals surface area contributed by atoms with Gasteiger partial charge in [0.15, 0.2) is 0 Å². The van der Waals surface area contributed by atoms with Crippen LogP contribution in [0.25, 0.3) is 0 Å². The molecule has 1 aliphatic rings. The minimum atomic E-state index is -3.71. The zero-order chi connectivity index (χ0) is 20.3. The minimum absolute atomic E-state index is 0.109. The third kappa shape index (κ3) is 4.14. The molecule has 0 aliphatic heterocycles. The van der Waals surface area contributed by atoms with Crippen LogP contribution in [0.2, 0.25) is 0 Å². The number of rotatable bonds is 6. The Morgan fingerprint density at radius 3 is 2.32 bits per heavy atom. The number of aryl methyl sites for hydroxylation is 1. The molecule has 2 aromatic rings. The van der Waals surface area contributed by atoms with Crippen LogP contribution in [0.5, 0.6) is 5.75 Å². The molecule has 150 valence electrons. The van der Waals surface area contributed by atoms with Crippen molar-refractivity contribution in [2.45, 2.75) is 43.5 Å². The number of benzene rings is 2. The Hall–Kier alpha value is -2.54. The lowest BCUT2D eigenvalue weighted by Gasteiger charge is -2.22. The van der Waals surface area contributed by atoms with Gasteiger partial charge in [-0.1, -0.05) is 12.8 Å². The Kier molecular flexibility index (Phi) is 5.93. The zero-order valence-corrected chi connectivity index (χ0v) is 17.3. The molecule has 0 aromatic heterocycles. The fourth-order valence-corrected chi connectivity index (χ4v) is 4.78. The van der Waals surface area contributed by atoms with Crippen LogP contribution in [0, 0.1) is 6.92 Å². The van der Waals surface area contributed by atoms with Crippen LogP contribution >= 0.6 is 0 Å². The molecule has 0 heterocycles. The van der Waals surface area contributed by atoms with Crippen molar-refractivity contribution in [1.29, 1.82) is 0 Å². The molecule has 3 rings (SSSR count). The highest BCUT2D eigenvalue weighted by atomic mass is 32.2. The molecular weight excluding hydrogens is 376 g/mol. The molecule has 0 bridgehead atoms. The molecule has 0 spiro atoms. The Balaban J connectivity index is 1.81. The minimum Gasteiger partial charge on any atom is -0.497 e. The molecule has 1 N–H and O–H groups in total. The van der Waals surface area contributed by atoms with Crippen LogP contribution < -0.4 is 14.4 Å². The highest BCUT2D eigenvalue weighted by molar-refractivity contribution is 7.92. The average molecular weight is 403 g/mol. The highest BCUT2D eigenvalue weighted by Gasteiger charge is 2.24. The summed E-state index contributed by atoms with van der Waals surface area (Å²) in [5.41, 5.74) is 1.80. The molecule has 1 amide bonds. The number of nitrogens with one attached hydrogen (secondary N) is 1. The normalized spacial score (nSPS) is 14.7. The summed E-state index contributed by atoms with van der Waals surface area (Å²) < 4.78 is 32.2. The fraction of sp³-hybridized carbons (Fsp3) is 0.381. The molecule has 1 saturated carbocycles. The van der Waals surface area contributed by atoms with Gasteiger partial charge in [0.1, 0.15) is 5.75 Å². The quantitative estimate of drug-likeness (QED) is 0.802. The summed E-state index contributed by atoms with van der Waals surface area (Å²) >= 11 is 0. The number of methoxy groups -OCH3 is 1. The smallest absolute Gasteiger partial charge is 0.264 e. The maximum atomic E-state index is 12.9. The number of hydrogen-bond donors (Lipinski definition) is 1. The molecule has 6 nitrogen and oxygen atoms in total. The molecule has 0 saturated heterocycles. The van der Waals surface area contributed by atoms with Crippen LogP contribution in [0.1, 0.15) is 41.6 Å². The summed E-state index contributed by atoms with van der Waals surface area (Å²) in [6.07, 6.45) is 4.34. The molecule has 1 aliphatic carbocycles. The summed E-state index contributed by atoms with van der Waals surface area (Å²) in [5.74, 6) is 0.484. The number of sulfonamides is 1. The van der Waals surface area contributed by atoms with Gasteiger partial charge in [0.2, 0.25) is 0 Å². The third-order valence-corrected chi connectivity index (χ3v) is 6.99. The van der Waals surface area contributed by atoms with Gasteiger partial charge >= 0.3 is 0 Å². The van der Waals surface area contributed by atoms with Crippen LogP contribution in [-0.4, -0.2) is 34.5 Å². The fourth-order valence-electron chi connectivity index (χ4n) is 3.52. The van der Waals surface area contributed by atoms with Crippen LogP contribution in [-0.2, 0) is 10.0 Å². The van der Waals surface area contributed by atoms with E-state index in [0.29, 0.717) is 17.0 Å². The number of anilines is 1. The van der Waals surface area contributed by atoms with Crippen molar-refractivity contribution >= 4 is 21.6 Å². The lowest BCUT2D eigenvalue weighted by Crippen LogP contribution is -2.32. The van der Waals surface area contributed by atoms with Crippen LogP contribution in [0.15, 0.2) is 47.4 Å². The van der Waals surface area contributed by atoms with Gasteiger partial charge in [-0.3, -0.25) is 9.10 Å². The molecule has 2 aromatic carbocycles. The summed E-state index contributed by atoms with van der Waals surface area (Å²) in [5, 5.41) is 3.06. The number of carbonyl (C=O) groups is 1. The summed E-state index contributed by atoms with van der Waals surface area (Å²) in [7, 11) is -0.669. The number of amides is 1. The van der Waals surface area contributed by atoms with Gasteiger partial charge in [-0.25, -0.2) is 8.42 Å². The summed E-state index contributed by atoms with van der Waals surface area (Å²) in [4.78, 5) is 12.6. The van der Waals surface area contributed by atoms with E-state index in [-0.39, 0.29) is 16.8 Å². The van der Waals surface area contributed by atoms with Gasteiger partial charge < -0.3 is 10.1 Å². The number of hydrogen-bond acceptors (Lipinski definition) is 4. The van der Waals surface area contributed by atoms with E-state index < -0.39 is 10.0 Å². The second-order valence-corrected chi connectivity index (χ2v) is 9.07. The van der Waals surface area contributed by atoms with Crippen molar-refractivity contribution in [2.75, 3.05) is 18.5 Å². The maximum absolute atomic E-state index is 12.9. The van der Waals surface area contributed by atoms with Crippen molar-refractivity contribution in [1.82, 2.24) is 5.32 Å². The van der Waals surface area contributed by atoms with Gasteiger partial charge in [-0.2, -0.15) is 0 Å². The predicted octanol–water partition coefficient (Wildman–Crippen LogP) is 3.50. The maximum Gasteiger partial charge on any atom is 0.264 e. The van der Waals surface area contributed by atoms with Gasteiger partial charge in [0.05, 0.1) is 17.7 Å². The van der Waals surface area contributed by atoms with Gasteiger partial charge in [0.25, 0.3) is 15.9 Å². The first kappa shape index (κ1) is 20.2. The first-order valence-corrected chi connectivity index (χ1v) is 10.8. The van der Waals surface area contributed by atoms with E-state index in [1.807, 2.05) is 6.92 Å². The van der Waals surface area contributed by atoms with Crippen molar-refractivity contribution in [2.24, 2.45) is 0 Å². The Bertz CT molecular complexity index is 949. The van der Waals surface area contributed by atoms with E-state index in [1.54, 1.807) is 30.3 Å². The first-order valence-electron chi connectivity index (χ1n) is 9.37. The van der Waals surface area contributed by atoms with Gasteiger partial charge in [0, 0.05) is 18.7 Å². The van der Waals surface area contributed by atoms with E-state index in [9.17, 15) is 13.2 Å². The second-order valence-electron chi connectivity index (χ2n) is 7.10. The largest absolute Gasteiger partial charge is 0.497 e. The third-order valence-electron chi connectivity index (χ3n) is 5.21. The Morgan fingerprint density at radius 2 is 1.75 bits per heavy atom. The lowest BCUT2D eigenvalue weighted by molar-refractivity contribution is 0.0938. The average Bonchev–Trinajstić information content (AvgIpc) is 3.20. The summed E-state index contributed by atoms with van der Waals surface area (Å²) in [6, 6.07) is 11.6. The van der Waals surface area contributed by atoms with Crippen LogP contribution in [0.3, 0.4) is 0 Å². The zero-order valence-electron chi connectivity index (χ0n) is 16.4. The van der Waals surface area contributed by atoms with E-state index in [2.05, 4.69) is 5.32 Å². The lowest BCUT2D eigenvalue weighted by atomic mass is 10.1. The topological polar surface area (TPSA) is 75.7 Å². The standard InChI is InChI=1S/C21H26N2O4S/c1-15-14-16(21(24)22-17-6-4-5-7-17)8-13-20(15)23(2)28(25,26)19-11-9-18(27-3)10-12-19/h8-14,17H,4-7H2,1-3H3,(H,22,24). The Morgan fingerprint density at radius 1 is 1.11 bits per heavy atom. The molecular formula is C21H26N2O4S. The number of nitrogens with zero attached hydrogens (tertiary/aromatic N) is 1. The van der Waals surface area contributed by atoms with Crippen molar-refractivity contribution in [3.05, 3.63) is 53.6 Å². The second kappa shape index (κ2) is 8.22. The molecule has 1 fully saturated rings. The molecule has 0 unspecified atom stereocenters. The molecule has 0 atom stereocenters. The van der Waals surface area contributed by atoms with Crippen molar-refractivity contribution in [3.63, 3.8) is 0 Å². The van der Waals surface area contributed by atoms with E-state index in [0.717, 1.165) is 31.2 Å². The molecule has 0 radical (unpaired) electrons. The molecule has 7 heteroatoms. The Labute approximate surface area is 166 Å². The highest BCUT2D eigenvalue weighted by Crippen LogP contribution is 2.27. The summed E-state index contributed by atoms with van der Waals surface area (Å²) in [6.45, 7) is 1.81.